The van der Waals surface area contributed by atoms with Gasteiger partial charge in [-0.15, -0.1) is 0 Å². The third-order valence-corrected chi connectivity index (χ3v) is 6.76. The number of nitrogens with one attached hydrogen (secondary N) is 2. The van der Waals surface area contributed by atoms with Crippen LogP contribution in [0.3, 0.4) is 0 Å². The molecule has 0 fully saturated rings. The fourth-order valence-electron chi connectivity index (χ4n) is 4.77. The summed E-state index contributed by atoms with van der Waals surface area (Å²) < 4.78 is 12.5. The first-order chi connectivity index (χ1) is 20.4. The summed E-state index contributed by atoms with van der Waals surface area (Å²) in [5.41, 5.74) is 4.29. The summed E-state index contributed by atoms with van der Waals surface area (Å²) >= 11 is 0. The zero-order valence-corrected chi connectivity index (χ0v) is 24.4. The van der Waals surface area contributed by atoms with Crippen molar-refractivity contribution in [2.45, 2.75) is 45.1 Å². The number of amides is 1. The van der Waals surface area contributed by atoms with E-state index in [2.05, 4.69) is 10.7 Å². The third-order valence-electron chi connectivity index (χ3n) is 6.76. The number of benzene rings is 4. The standard InChI is InChI=1S/C33H39B2N3O4/c1-35(40)37-38(22-27-11-5-2-6-12-27)23-32(42-25-29-15-9-4-10-16-29)31(36-33(34)39)21-26-17-19-30(20-18-26)41-24-28-13-7-3-8-14-28/h2-20,31-32,37,40H,21-25,34H2,1H3,(H,36,39)/t31-,32-/m1/s1. The number of carbonyl (C=O) groups is 1. The molecule has 0 aliphatic carbocycles. The van der Waals surface area contributed by atoms with Gasteiger partial charge in [0.25, 0.3) is 0 Å². The van der Waals surface area contributed by atoms with Gasteiger partial charge >= 0.3 is 7.05 Å². The second-order valence-electron chi connectivity index (χ2n) is 10.4. The monoisotopic (exact) mass is 563 g/mol. The lowest BCUT2D eigenvalue weighted by Crippen LogP contribution is -2.55. The minimum absolute atomic E-state index is 0.130. The van der Waals surface area contributed by atoms with E-state index in [0.29, 0.717) is 32.7 Å². The van der Waals surface area contributed by atoms with Gasteiger partial charge in [0.2, 0.25) is 7.85 Å². The molecule has 4 rings (SSSR count). The second-order valence-corrected chi connectivity index (χ2v) is 10.4. The molecular weight excluding hydrogens is 524 g/mol. The van der Waals surface area contributed by atoms with Crippen molar-refractivity contribution in [2.24, 2.45) is 0 Å². The largest absolute Gasteiger partial charge is 0.489 e. The van der Waals surface area contributed by atoms with Crippen molar-refractivity contribution >= 4 is 20.7 Å². The molecule has 2 atom stereocenters. The van der Waals surface area contributed by atoms with E-state index >= 15 is 0 Å². The Balaban J connectivity index is 1.51. The number of rotatable bonds is 16. The Morgan fingerprint density at radius 1 is 0.810 bits per heavy atom. The summed E-state index contributed by atoms with van der Waals surface area (Å²) in [6.45, 7) is 3.55. The normalized spacial score (nSPS) is 12.5. The van der Waals surface area contributed by atoms with Crippen LogP contribution in [0, 0.1) is 0 Å². The van der Waals surface area contributed by atoms with Gasteiger partial charge in [-0.25, -0.2) is 5.01 Å². The summed E-state index contributed by atoms with van der Waals surface area (Å²) in [4.78, 5) is 12.4. The van der Waals surface area contributed by atoms with Crippen molar-refractivity contribution in [1.29, 1.82) is 0 Å². The van der Waals surface area contributed by atoms with E-state index in [1.54, 1.807) is 6.82 Å². The molecule has 9 heteroatoms. The van der Waals surface area contributed by atoms with Crippen LogP contribution >= 0.6 is 0 Å². The molecule has 0 spiro atoms. The quantitative estimate of drug-likeness (QED) is 0.140. The van der Waals surface area contributed by atoms with Gasteiger partial charge in [-0.3, -0.25) is 10.1 Å². The fraction of sp³-hybridized carbons (Fsp3) is 0.242. The van der Waals surface area contributed by atoms with Crippen LogP contribution in [0.4, 0.5) is 4.79 Å². The van der Waals surface area contributed by atoms with Crippen LogP contribution < -0.4 is 15.4 Å². The van der Waals surface area contributed by atoms with E-state index in [1.165, 1.54) is 7.85 Å². The van der Waals surface area contributed by atoms with Crippen LogP contribution in [0.25, 0.3) is 0 Å². The zero-order valence-electron chi connectivity index (χ0n) is 24.4. The summed E-state index contributed by atoms with van der Waals surface area (Å²) in [6.07, 6.45) is 0.171. The van der Waals surface area contributed by atoms with Gasteiger partial charge in [-0.05, 0) is 47.6 Å². The Labute approximate surface area is 250 Å². The average molecular weight is 563 g/mol. The number of hydrogen-bond donors (Lipinski definition) is 3. The van der Waals surface area contributed by atoms with Crippen LogP contribution in [-0.2, 0) is 30.9 Å². The maximum Gasteiger partial charge on any atom is 0.388 e. The van der Waals surface area contributed by atoms with Crippen LogP contribution in [0.2, 0.25) is 6.82 Å². The molecule has 0 bridgehead atoms. The Kier molecular flexibility index (Phi) is 12.2. The summed E-state index contributed by atoms with van der Waals surface area (Å²) in [5, 5.41) is 18.4. The molecule has 0 heterocycles. The van der Waals surface area contributed by atoms with E-state index in [4.69, 9.17) is 9.47 Å². The summed E-state index contributed by atoms with van der Waals surface area (Å²) in [6, 6.07) is 37.7. The van der Waals surface area contributed by atoms with Crippen LogP contribution in [0.15, 0.2) is 115 Å². The SMILES string of the molecule is BC(=O)N[C@H](Cc1ccc(OCc2ccccc2)cc1)[C@@H](CN(Cc1ccccc1)NB(C)O)OCc1ccccc1. The topological polar surface area (TPSA) is 83.1 Å². The van der Waals surface area contributed by atoms with Crippen LogP contribution in [0.1, 0.15) is 22.3 Å². The molecule has 42 heavy (non-hydrogen) atoms. The molecular formula is C33H39B2N3O4. The van der Waals surface area contributed by atoms with Gasteiger partial charge in [-0.1, -0.05) is 103 Å². The van der Waals surface area contributed by atoms with E-state index in [1.807, 2.05) is 120 Å². The highest BCUT2D eigenvalue weighted by Gasteiger charge is 2.27. The minimum atomic E-state index is -0.758. The third kappa shape index (κ3) is 10.8. The Hall–Kier alpha value is -3.88. The van der Waals surface area contributed by atoms with Gasteiger partial charge in [0, 0.05) is 13.1 Å². The zero-order chi connectivity index (χ0) is 29.6. The van der Waals surface area contributed by atoms with Crippen molar-refractivity contribution in [1.82, 2.24) is 15.7 Å². The smallest absolute Gasteiger partial charge is 0.388 e. The van der Waals surface area contributed by atoms with Crippen molar-refractivity contribution < 1.29 is 19.3 Å². The molecule has 1 amide bonds. The molecule has 0 aromatic heterocycles. The molecule has 4 aromatic carbocycles. The maximum absolute atomic E-state index is 12.4. The first-order valence-electron chi connectivity index (χ1n) is 14.4. The number of hydrazine groups is 1. The van der Waals surface area contributed by atoms with Gasteiger partial charge in [0.05, 0.1) is 18.8 Å². The van der Waals surface area contributed by atoms with E-state index < -0.39 is 13.2 Å². The molecule has 0 aliphatic heterocycles. The van der Waals surface area contributed by atoms with Crippen molar-refractivity contribution in [2.75, 3.05) is 6.54 Å². The van der Waals surface area contributed by atoms with Gasteiger partial charge in [0.1, 0.15) is 12.4 Å². The molecule has 7 nitrogen and oxygen atoms in total. The highest BCUT2D eigenvalue weighted by atomic mass is 16.5. The highest BCUT2D eigenvalue weighted by molar-refractivity contribution is 6.57. The molecule has 0 saturated heterocycles. The fourth-order valence-corrected chi connectivity index (χ4v) is 4.77. The predicted octanol–water partition coefficient (Wildman–Crippen LogP) is 4.22. The molecule has 3 N–H and O–H groups in total. The Morgan fingerprint density at radius 3 is 1.90 bits per heavy atom. The van der Waals surface area contributed by atoms with E-state index in [-0.39, 0.29) is 11.8 Å². The van der Waals surface area contributed by atoms with Crippen LogP contribution in [0.5, 0.6) is 5.75 Å². The minimum Gasteiger partial charge on any atom is -0.489 e. The number of nitrogens with zero attached hydrogens (tertiary/aromatic N) is 1. The average Bonchev–Trinajstić information content (AvgIpc) is 2.99. The number of carbonyl (C=O) groups excluding carboxylic acids is 1. The lowest BCUT2D eigenvalue weighted by molar-refractivity contribution is -0.0126. The van der Waals surface area contributed by atoms with Crippen molar-refractivity contribution in [3.05, 3.63) is 138 Å². The summed E-state index contributed by atoms with van der Waals surface area (Å²) in [7, 11) is 0.767. The lowest BCUT2D eigenvalue weighted by atomic mass is 9.90. The predicted molar refractivity (Wildman–Crippen MR) is 171 cm³/mol. The molecule has 0 radical (unpaired) electrons. The molecule has 0 saturated carbocycles. The Morgan fingerprint density at radius 2 is 1.36 bits per heavy atom. The number of ether oxygens (including phenoxy) is 2. The molecule has 4 aromatic rings. The Bertz CT molecular complexity index is 1330. The van der Waals surface area contributed by atoms with Gasteiger partial charge in [0.15, 0.2) is 5.81 Å². The van der Waals surface area contributed by atoms with Crippen molar-refractivity contribution in [3.63, 3.8) is 0 Å². The van der Waals surface area contributed by atoms with Gasteiger partial charge < -0.3 is 19.8 Å². The molecule has 0 aliphatic rings. The van der Waals surface area contributed by atoms with Crippen LogP contribution in [-0.4, -0.2) is 49.4 Å². The molecule has 0 unspecified atom stereocenters. The lowest BCUT2D eigenvalue weighted by Gasteiger charge is -2.34. The second kappa shape index (κ2) is 16.5. The summed E-state index contributed by atoms with van der Waals surface area (Å²) in [5.74, 6) is 0.653. The molecule has 216 valence electrons. The highest BCUT2D eigenvalue weighted by Crippen LogP contribution is 2.18. The van der Waals surface area contributed by atoms with Gasteiger partial charge in [-0.2, -0.15) is 0 Å². The van der Waals surface area contributed by atoms with Crippen molar-refractivity contribution in [3.8, 4) is 5.75 Å². The maximum atomic E-state index is 12.4. The van der Waals surface area contributed by atoms with E-state index in [9.17, 15) is 9.82 Å². The van der Waals surface area contributed by atoms with E-state index in [0.717, 1.165) is 28.0 Å². The number of hydrogen-bond acceptors (Lipinski definition) is 6. The first kappa shape index (κ1) is 31.1. The first-order valence-corrected chi connectivity index (χ1v) is 14.4.